The Morgan fingerprint density at radius 1 is 1.11 bits per heavy atom. The molecule has 0 spiro atoms. The summed E-state index contributed by atoms with van der Waals surface area (Å²) in [6.45, 7) is 4.04. The molecule has 0 saturated carbocycles. The van der Waals surface area contributed by atoms with E-state index < -0.39 is 10.0 Å². The molecule has 2 N–H and O–H groups in total. The molecule has 3 aromatic heterocycles. The number of ether oxygens (including phenoxy) is 1. The van der Waals surface area contributed by atoms with Crippen molar-refractivity contribution in [3.8, 4) is 5.75 Å². The smallest absolute Gasteiger partial charge is 0.229 e. The number of nitrogens with zero attached hydrogens (tertiary/aromatic N) is 6. The summed E-state index contributed by atoms with van der Waals surface area (Å²) in [6, 6.07) is 12.6. The van der Waals surface area contributed by atoms with Gasteiger partial charge in [0.15, 0.2) is 5.11 Å². The lowest BCUT2D eigenvalue weighted by atomic mass is 9.96. The van der Waals surface area contributed by atoms with E-state index in [1.54, 1.807) is 31.0 Å². The molecule has 4 aromatic rings. The third kappa shape index (κ3) is 4.62. The third-order valence-electron chi connectivity index (χ3n) is 6.24. The van der Waals surface area contributed by atoms with Gasteiger partial charge in [-0.2, -0.15) is 0 Å². The molecule has 2 unspecified atom stereocenters. The molecule has 1 aliphatic rings. The Kier molecular flexibility index (Phi) is 6.33. The molecule has 1 aromatic carbocycles. The lowest BCUT2D eigenvalue weighted by molar-refractivity contribution is 0.417. The Bertz CT molecular complexity index is 1550. The van der Waals surface area contributed by atoms with Crippen LogP contribution in [0.3, 0.4) is 0 Å². The van der Waals surface area contributed by atoms with Gasteiger partial charge in [0.05, 0.1) is 36.8 Å². The third-order valence-corrected chi connectivity index (χ3v) is 7.15. The molecule has 0 aliphatic carbocycles. The van der Waals surface area contributed by atoms with Crippen molar-refractivity contribution in [3.63, 3.8) is 0 Å². The SMILES string of the molecule is COc1ccc(N2C(=S)NC(c3ccccn3)C2c2cc(C)n(-n3cnnc3)c2C)cc1NS(C)(=O)=O. The first kappa shape index (κ1) is 24.7. The van der Waals surface area contributed by atoms with E-state index in [1.807, 2.05) is 52.4 Å². The molecule has 11 nitrogen and oxygen atoms in total. The minimum Gasteiger partial charge on any atom is -0.495 e. The fourth-order valence-corrected chi connectivity index (χ4v) is 5.71. The average molecular weight is 539 g/mol. The van der Waals surface area contributed by atoms with Crippen LogP contribution in [-0.2, 0) is 10.0 Å². The Morgan fingerprint density at radius 3 is 2.51 bits per heavy atom. The first-order valence-corrected chi connectivity index (χ1v) is 13.7. The number of hydrogen-bond donors (Lipinski definition) is 2. The molecule has 1 saturated heterocycles. The van der Waals surface area contributed by atoms with Crippen LogP contribution in [0.1, 0.15) is 34.7 Å². The highest BCUT2D eigenvalue weighted by Crippen LogP contribution is 2.44. The van der Waals surface area contributed by atoms with Gasteiger partial charge in [-0.15, -0.1) is 10.2 Å². The lowest BCUT2D eigenvalue weighted by Crippen LogP contribution is -2.29. The summed E-state index contributed by atoms with van der Waals surface area (Å²) < 4.78 is 35.9. The van der Waals surface area contributed by atoms with E-state index in [-0.39, 0.29) is 12.1 Å². The minimum atomic E-state index is -3.54. The maximum atomic E-state index is 12.0. The molecule has 192 valence electrons. The van der Waals surface area contributed by atoms with Crippen LogP contribution in [0.15, 0.2) is 61.3 Å². The largest absolute Gasteiger partial charge is 0.495 e. The number of aromatic nitrogens is 5. The van der Waals surface area contributed by atoms with Crippen LogP contribution in [-0.4, -0.2) is 51.4 Å². The van der Waals surface area contributed by atoms with Crippen molar-refractivity contribution in [2.24, 2.45) is 0 Å². The zero-order chi connectivity index (χ0) is 26.3. The Labute approximate surface area is 220 Å². The van der Waals surface area contributed by atoms with Crippen LogP contribution < -0.4 is 19.7 Å². The number of hydrogen-bond acceptors (Lipinski definition) is 7. The summed E-state index contributed by atoms with van der Waals surface area (Å²) in [7, 11) is -2.05. The summed E-state index contributed by atoms with van der Waals surface area (Å²) in [5.41, 5.74) is 4.82. The highest BCUT2D eigenvalue weighted by Gasteiger charge is 2.42. The standard InChI is InChI=1S/C24H26N8O3S2/c1-15-11-18(16(2)32(15)30-13-26-27-14-30)23-22(19-7-5-6-10-25-19)28-24(36)31(23)17-8-9-21(35-3)20(12-17)29-37(4,33)34/h5-14,22-23,29H,1-4H3,(H,28,36). The number of methoxy groups -OCH3 is 1. The van der Waals surface area contributed by atoms with Crippen LogP contribution in [0.25, 0.3) is 0 Å². The quantitative estimate of drug-likeness (QED) is 0.342. The number of nitrogens with one attached hydrogen (secondary N) is 2. The van der Waals surface area contributed by atoms with Gasteiger partial charge in [0.2, 0.25) is 10.0 Å². The van der Waals surface area contributed by atoms with Gasteiger partial charge in [0.1, 0.15) is 18.4 Å². The monoisotopic (exact) mass is 538 g/mol. The molecule has 0 radical (unpaired) electrons. The predicted molar refractivity (Wildman–Crippen MR) is 144 cm³/mol. The molecule has 1 aliphatic heterocycles. The molecule has 2 atom stereocenters. The molecular weight excluding hydrogens is 512 g/mol. The van der Waals surface area contributed by atoms with E-state index in [4.69, 9.17) is 17.0 Å². The van der Waals surface area contributed by atoms with Gasteiger partial charge in [-0.25, -0.2) is 13.1 Å². The number of rotatable bonds is 7. The van der Waals surface area contributed by atoms with Gasteiger partial charge in [-0.05, 0) is 62.5 Å². The molecule has 4 heterocycles. The predicted octanol–water partition coefficient (Wildman–Crippen LogP) is 2.96. The number of aryl methyl sites for hydroxylation is 1. The molecule has 0 amide bonds. The van der Waals surface area contributed by atoms with Gasteiger partial charge in [0, 0.05) is 28.8 Å². The van der Waals surface area contributed by atoms with Gasteiger partial charge in [-0.1, -0.05) is 6.07 Å². The Morgan fingerprint density at radius 2 is 1.86 bits per heavy atom. The van der Waals surface area contributed by atoms with Crippen molar-refractivity contribution in [1.29, 1.82) is 0 Å². The molecular formula is C24H26N8O3S2. The molecule has 13 heteroatoms. The van der Waals surface area contributed by atoms with E-state index in [0.29, 0.717) is 22.2 Å². The van der Waals surface area contributed by atoms with Crippen molar-refractivity contribution in [1.82, 2.24) is 29.9 Å². The van der Waals surface area contributed by atoms with Crippen molar-refractivity contribution >= 4 is 38.7 Å². The summed E-state index contributed by atoms with van der Waals surface area (Å²) in [5, 5.41) is 11.8. The van der Waals surface area contributed by atoms with E-state index in [2.05, 4.69) is 31.3 Å². The number of thiocarbonyl (C=S) groups is 1. The van der Waals surface area contributed by atoms with Crippen LogP contribution in [0, 0.1) is 13.8 Å². The maximum Gasteiger partial charge on any atom is 0.229 e. The van der Waals surface area contributed by atoms with Crippen molar-refractivity contribution < 1.29 is 13.2 Å². The van der Waals surface area contributed by atoms with Crippen molar-refractivity contribution in [2.75, 3.05) is 23.0 Å². The normalized spacial score (nSPS) is 17.6. The van der Waals surface area contributed by atoms with Crippen LogP contribution in [0.2, 0.25) is 0 Å². The van der Waals surface area contributed by atoms with E-state index in [1.165, 1.54) is 7.11 Å². The second kappa shape index (κ2) is 9.48. The second-order valence-electron chi connectivity index (χ2n) is 8.74. The minimum absolute atomic E-state index is 0.267. The Balaban J connectivity index is 1.68. The fourth-order valence-electron chi connectivity index (χ4n) is 4.81. The van der Waals surface area contributed by atoms with Gasteiger partial charge in [0.25, 0.3) is 0 Å². The number of pyridine rings is 1. The summed E-state index contributed by atoms with van der Waals surface area (Å²) in [5.74, 6) is 0.399. The number of sulfonamides is 1. The van der Waals surface area contributed by atoms with Gasteiger partial charge in [-0.3, -0.25) is 14.4 Å². The van der Waals surface area contributed by atoms with Crippen molar-refractivity contribution in [2.45, 2.75) is 25.9 Å². The van der Waals surface area contributed by atoms with Crippen LogP contribution in [0.5, 0.6) is 5.75 Å². The fraction of sp³-hybridized carbons (Fsp3) is 0.250. The zero-order valence-electron chi connectivity index (χ0n) is 20.7. The first-order valence-electron chi connectivity index (χ1n) is 11.4. The first-order chi connectivity index (χ1) is 17.7. The summed E-state index contributed by atoms with van der Waals surface area (Å²) in [6.07, 6.45) is 6.13. The van der Waals surface area contributed by atoms with Crippen LogP contribution >= 0.6 is 12.2 Å². The number of anilines is 2. The number of benzene rings is 1. The highest BCUT2D eigenvalue weighted by molar-refractivity contribution is 7.92. The molecule has 5 rings (SSSR count). The van der Waals surface area contributed by atoms with Gasteiger partial charge < -0.3 is 15.0 Å². The summed E-state index contributed by atoms with van der Waals surface area (Å²) >= 11 is 5.84. The second-order valence-corrected chi connectivity index (χ2v) is 10.9. The molecule has 1 fully saturated rings. The van der Waals surface area contributed by atoms with E-state index in [0.717, 1.165) is 28.9 Å². The van der Waals surface area contributed by atoms with E-state index >= 15 is 0 Å². The lowest BCUT2D eigenvalue weighted by Gasteiger charge is -2.29. The summed E-state index contributed by atoms with van der Waals surface area (Å²) in [4.78, 5) is 6.59. The highest BCUT2D eigenvalue weighted by atomic mass is 32.2. The zero-order valence-corrected chi connectivity index (χ0v) is 22.3. The van der Waals surface area contributed by atoms with Crippen molar-refractivity contribution in [3.05, 3.63) is 84.0 Å². The van der Waals surface area contributed by atoms with Crippen LogP contribution in [0.4, 0.5) is 11.4 Å². The average Bonchev–Trinajstić information content (AvgIpc) is 3.56. The van der Waals surface area contributed by atoms with Gasteiger partial charge >= 0.3 is 0 Å². The maximum absolute atomic E-state index is 12.0. The topological polar surface area (TPSA) is 119 Å². The molecule has 37 heavy (non-hydrogen) atoms. The molecule has 0 bridgehead atoms. The Hall–Kier alpha value is -3.97. The van der Waals surface area contributed by atoms with E-state index in [9.17, 15) is 8.42 Å².